The van der Waals surface area contributed by atoms with Crippen LogP contribution in [0.15, 0.2) is 48.5 Å². The third kappa shape index (κ3) is 3.96. The standard InChI is InChI=1S/C22H27N5O2/c1-17-6-5-9-19(25-17)20(28)23-12-15-26-13-10-22(11-14-26)21(29)24-16-27(22)18-7-3-2-4-8-18/h2-9H,10-16H2,1H3,(H,23,28)(H,24,29). The van der Waals surface area contributed by atoms with Crippen LogP contribution in [0.4, 0.5) is 5.69 Å². The molecular weight excluding hydrogens is 366 g/mol. The van der Waals surface area contributed by atoms with Crippen molar-refractivity contribution in [3.8, 4) is 0 Å². The molecule has 0 unspecified atom stereocenters. The highest BCUT2D eigenvalue weighted by Gasteiger charge is 2.50. The third-order valence-corrected chi connectivity index (χ3v) is 5.92. The summed E-state index contributed by atoms with van der Waals surface area (Å²) in [5.74, 6) is -0.0209. The van der Waals surface area contributed by atoms with Gasteiger partial charge in [-0.05, 0) is 44.0 Å². The monoisotopic (exact) mass is 393 g/mol. The van der Waals surface area contributed by atoms with E-state index in [9.17, 15) is 9.59 Å². The normalized spacial score (nSPS) is 18.7. The molecule has 0 bridgehead atoms. The number of nitrogens with zero attached hydrogens (tertiary/aromatic N) is 3. The number of rotatable bonds is 5. The zero-order valence-electron chi connectivity index (χ0n) is 16.7. The number of nitrogens with one attached hydrogen (secondary N) is 2. The lowest BCUT2D eigenvalue weighted by atomic mass is 9.85. The Kier molecular flexibility index (Phi) is 5.49. The molecule has 2 fully saturated rings. The molecule has 0 saturated carbocycles. The van der Waals surface area contributed by atoms with Crippen molar-refractivity contribution in [2.45, 2.75) is 25.3 Å². The Hall–Kier alpha value is -2.93. The lowest BCUT2D eigenvalue weighted by molar-refractivity contribution is -0.125. The first-order chi connectivity index (χ1) is 14.1. The van der Waals surface area contributed by atoms with Crippen LogP contribution in [0.3, 0.4) is 0 Å². The minimum Gasteiger partial charge on any atom is -0.349 e. The van der Waals surface area contributed by atoms with E-state index >= 15 is 0 Å². The number of likely N-dealkylation sites (tertiary alicyclic amines) is 1. The van der Waals surface area contributed by atoms with Crippen LogP contribution in [0.25, 0.3) is 0 Å². The molecule has 2 aliphatic heterocycles. The van der Waals surface area contributed by atoms with Crippen molar-refractivity contribution >= 4 is 17.5 Å². The van der Waals surface area contributed by atoms with E-state index in [-0.39, 0.29) is 11.8 Å². The number of pyridine rings is 1. The van der Waals surface area contributed by atoms with E-state index in [0.29, 0.717) is 18.9 Å². The molecule has 2 amide bonds. The molecule has 1 aromatic carbocycles. The van der Waals surface area contributed by atoms with Gasteiger partial charge < -0.3 is 20.4 Å². The molecule has 4 rings (SSSR count). The largest absolute Gasteiger partial charge is 0.349 e. The first-order valence-corrected chi connectivity index (χ1v) is 10.1. The number of amides is 2. The van der Waals surface area contributed by atoms with Crippen LogP contribution in [0, 0.1) is 6.92 Å². The zero-order valence-corrected chi connectivity index (χ0v) is 16.7. The highest BCUT2D eigenvalue weighted by atomic mass is 16.2. The smallest absolute Gasteiger partial charge is 0.269 e. The fraction of sp³-hybridized carbons (Fsp3) is 0.409. The fourth-order valence-electron chi connectivity index (χ4n) is 4.27. The van der Waals surface area contributed by atoms with Gasteiger partial charge in [-0.3, -0.25) is 9.59 Å². The lowest BCUT2D eigenvalue weighted by Crippen LogP contribution is -2.57. The average molecular weight is 393 g/mol. The molecule has 7 heteroatoms. The van der Waals surface area contributed by atoms with Gasteiger partial charge in [0.2, 0.25) is 5.91 Å². The minimum absolute atomic E-state index is 0.125. The fourth-order valence-corrected chi connectivity index (χ4v) is 4.27. The number of benzene rings is 1. The number of aromatic nitrogens is 1. The van der Waals surface area contributed by atoms with Crippen LogP contribution < -0.4 is 15.5 Å². The van der Waals surface area contributed by atoms with Crippen molar-refractivity contribution in [3.63, 3.8) is 0 Å². The van der Waals surface area contributed by atoms with Gasteiger partial charge in [0.15, 0.2) is 0 Å². The molecule has 0 radical (unpaired) electrons. The SMILES string of the molecule is Cc1cccc(C(=O)NCCN2CCC3(CC2)C(=O)NCN3c2ccccc2)n1. The molecule has 152 valence electrons. The van der Waals surface area contributed by atoms with Crippen LogP contribution >= 0.6 is 0 Å². The molecule has 2 N–H and O–H groups in total. The Balaban J connectivity index is 1.31. The predicted octanol–water partition coefficient (Wildman–Crippen LogP) is 1.55. The molecule has 29 heavy (non-hydrogen) atoms. The topological polar surface area (TPSA) is 77.6 Å². The van der Waals surface area contributed by atoms with Gasteiger partial charge in [0.05, 0.1) is 6.67 Å². The number of carbonyl (C=O) groups excluding carboxylic acids is 2. The Labute approximate surface area is 171 Å². The third-order valence-electron chi connectivity index (χ3n) is 5.92. The molecule has 7 nitrogen and oxygen atoms in total. The van der Waals surface area contributed by atoms with Gasteiger partial charge in [-0.2, -0.15) is 0 Å². The maximum Gasteiger partial charge on any atom is 0.269 e. The van der Waals surface area contributed by atoms with Gasteiger partial charge in [0, 0.05) is 37.6 Å². The lowest BCUT2D eigenvalue weighted by Gasteiger charge is -2.43. The van der Waals surface area contributed by atoms with Crippen LogP contribution in [0.5, 0.6) is 0 Å². The summed E-state index contributed by atoms with van der Waals surface area (Å²) in [5, 5.41) is 5.97. The number of anilines is 1. The van der Waals surface area contributed by atoms with E-state index in [4.69, 9.17) is 0 Å². The quantitative estimate of drug-likeness (QED) is 0.806. The summed E-state index contributed by atoms with van der Waals surface area (Å²) in [6.45, 7) is 5.42. The minimum atomic E-state index is -0.466. The van der Waals surface area contributed by atoms with Crippen molar-refractivity contribution < 1.29 is 9.59 Å². The second kappa shape index (κ2) is 8.21. The summed E-state index contributed by atoms with van der Waals surface area (Å²) in [4.78, 5) is 33.7. The van der Waals surface area contributed by atoms with Crippen molar-refractivity contribution in [1.29, 1.82) is 0 Å². The first-order valence-electron chi connectivity index (χ1n) is 10.1. The Morgan fingerprint density at radius 1 is 1.14 bits per heavy atom. The number of para-hydroxylation sites is 1. The van der Waals surface area contributed by atoms with Crippen LogP contribution in [0.1, 0.15) is 29.0 Å². The first kappa shape index (κ1) is 19.4. The molecule has 3 heterocycles. The van der Waals surface area contributed by atoms with Crippen molar-refractivity contribution in [2.24, 2.45) is 0 Å². The van der Waals surface area contributed by atoms with Gasteiger partial charge in [-0.1, -0.05) is 24.3 Å². The van der Waals surface area contributed by atoms with Gasteiger partial charge in [-0.15, -0.1) is 0 Å². The summed E-state index contributed by atoms with van der Waals surface area (Å²) < 4.78 is 0. The number of aryl methyl sites for hydroxylation is 1. The van der Waals surface area contributed by atoms with Gasteiger partial charge in [0.25, 0.3) is 5.91 Å². The molecule has 2 aromatic rings. The maximum absolute atomic E-state index is 12.7. The van der Waals surface area contributed by atoms with E-state index in [0.717, 1.165) is 43.9 Å². The molecular formula is C22H27N5O2. The second-order valence-electron chi connectivity index (χ2n) is 7.72. The molecule has 2 aliphatic rings. The van der Waals surface area contributed by atoms with E-state index in [1.165, 1.54) is 0 Å². The molecule has 1 spiro atoms. The Morgan fingerprint density at radius 3 is 2.62 bits per heavy atom. The van der Waals surface area contributed by atoms with Crippen molar-refractivity contribution in [3.05, 3.63) is 59.9 Å². The van der Waals surface area contributed by atoms with Crippen molar-refractivity contribution in [1.82, 2.24) is 20.5 Å². The van der Waals surface area contributed by atoms with Crippen LogP contribution in [0.2, 0.25) is 0 Å². The maximum atomic E-state index is 12.7. The molecule has 2 saturated heterocycles. The van der Waals surface area contributed by atoms with E-state index in [2.05, 4.69) is 37.6 Å². The van der Waals surface area contributed by atoms with E-state index < -0.39 is 5.54 Å². The number of piperidine rings is 1. The predicted molar refractivity (Wildman–Crippen MR) is 112 cm³/mol. The summed E-state index contributed by atoms with van der Waals surface area (Å²) in [7, 11) is 0. The number of hydrogen-bond donors (Lipinski definition) is 2. The van der Waals surface area contributed by atoms with E-state index in [1.54, 1.807) is 6.07 Å². The molecule has 0 atom stereocenters. The van der Waals surface area contributed by atoms with Crippen LogP contribution in [-0.4, -0.2) is 60.1 Å². The van der Waals surface area contributed by atoms with Crippen molar-refractivity contribution in [2.75, 3.05) is 37.7 Å². The summed E-state index contributed by atoms with van der Waals surface area (Å²) in [5.41, 5.74) is 1.89. The highest BCUT2D eigenvalue weighted by Crippen LogP contribution is 2.35. The second-order valence-corrected chi connectivity index (χ2v) is 7.72. The van der Waals surface area contributed by atoms with Gasteiger partial charge >= 0.3 is 0 Å². The summed E-state index contributed by atoms with van der Waals surface area (Å²) in [6, 6.07) is 15.6. The van der Waals surface area contributed by atoms with Gasteiger partial charge in [-0.25, -0.2) is 4.98 Å². The number of hydrogen-bond acceptors (Lipinski definition) is 5. The summed E-state index contributed by atoms with van der Waals surface area (Å²) in [6.07, 6.45) is 1.56. The Morgan fingerprint density at radius 2 is 1.90 bits per heavy atom. The van der Waals surface area contributed by atoms with E-state index in [1.807, 2.05) is 37.3 Å². The number of carbonyl (C=O) groups is 2. The van der Waals surface area contributed by atoms with Crippen LogP contribution in [-0.2, 0) is 4.79 Å². The molecule has 0 aliphatic carbocycles. The molecule has 1 aromatic heterocycles. The Bertz CT molecular complexity index is 878. The average Bonchev–Trinajstić information content (AvgIpc) is 3.06. The van der Waals surface area contributed by atoms with Gasteiger partial charge in [0.1, 0.15) is 11.2 Å². The summed E-state index contributed by atoms with van der Waals surface area (Å²) >= 11 is 0. The zero-order chi connectivity index (χ0) is 20.3. The highest BCUT2D eigenvalue weighted by molar-refractivity contribution is 5.93.